The molecule has 186 valence electrons. The van der Waals surface area contributed by atoms with Gasteiger partial charge in [-0.25, -0.2) is 4.98 Å². The second-order valence-corrected chi connectivity index (χ2v) is 10.6. The first kappa shape index (κ1) is 25.6. The van der Waals surface area contributed by atoms with E-state index in [1.54, 1.807) is 7.05 Å². The van der Waals surface area contributed by atoms with E-state index in [9.17, 15) is 19.8 Å². The fourth-order valence-corrected chi connectivity index (χ4v) is 5.84. The van der Waals surface area contributed by atoms with Crippen LogP contribution in [0.1, 0.15) is 40.6 Å². The summed E-state index contributed by atoms with van der Waals surface area (Å²) in [5, 5.41) is 31.8. The van der Waals surface area contributed by atoms with E-state index < -0.39 is 24.0 Å². The van der Waals surface area contributed by atoms with Gasteiger partial charge in [0.2, 0.25) is 0 Å². The van der Waals surface area contributed by atoms with E-state index in [2.05, 4.69) is 15.6 Å². The lowest BCUT2D eigenvalue weighted by atomic mass is 10.1. The standard InChI is InChI=1S/C24H27ClN4O4S2/c1-26-24-28-18(13-35-24)19-7-4-8-29(19)23(33)21(31)20(30)22(32)27-11-16-10-14(12-34-16)9-15-5-2-3-6-17(15)25/h2-3,5-6,10,12-13,19-21,30-31H,4,7-9,11H2,1H3,(H,26,28)(H,27,32)/t19-,20-,21-/m1/s1. The Bertz CT molecular complexity index is 1180. The molecule has 1 saturated heterocycles. The largest absolute Gasteiger partial charge is 0.380 e. The SMILES string of the molecule is CNc1nc([C@H]2CCCN2C(=O)[C@H](O)[C@@H](O)C(=O)NCc2cc(Cc3ccccc3Cl)cs2)cs1. The first-order valence-corrected chi connectivity index (χ1v) is 13.4. The number of aliphatic hydroxyl groups excluding tert-OH is 2. The quantitative estimate of drug-likeness (QED) is 0.335. The second-order valence-electron chi connectivity index (χ2n) is 8.31. The van der Waals surface area contributed by atoms with Gasteiger partial charge in [0.25, 0.3) is 11.8 Å². The van der Waals surface area contributed by atoms with Crippen LogP contribution in [0.25, 0.3) is 0 Å². The molecule has 3 aromatic rings. The Morgan fingerprint density at radius 3 is 2.77 bits per heavy atom. The third-order valence-corrected chi connectivity index (χ3v) is 8.16. The first-order valence-electron chi connectivity index (χ1n) is 11.2. The highest BCUT2D eigenvalue weighted by molar-refractivity contribution is 7.13. The number of hydrogen-bond donors (Lipinski definition) is 4. The number of likely N-dealkylation sites (tertiary alicyclic amines) is 1. The normalized spacial score (nSPS) is 17.3. The molecule has 0 spiro atoms. The number of nitrogens with one attached hydrogen (secondary N) is 2. The van der Waals surface area contributed by atoms with Crippen molar-refractivity contribution in [2.45, 2.75) is 44.1 Å². The maximum absolute atomic E-state index is 12.9. The van der Waals surface area contributed by atoms with Gasteiger partial charge in [0.05, 0.1) is 18.3 Å². The lowest BCUT2D eigenvalue weighted by molar-refractivity contribution is -0.153. The van der Waals surface area contributed by atoms with Crippen molar-refractivity contribution >= 4 is 51.2 Å². The minimum Gasteiger partial charge on any atom is -0.380 e. The van der Waals surface area contributed by atoms with E-state index in [-0.39, 0.29) is 12.6 Å². The number of amides is 2. The smallest absolute Gasteiger partial charge is 0.255 e. The molecule has 1 aromatic carbocycles. The number of rotatable bonds is 9. The number of thiazole rings is 1. The molecule has 3 atom stereocenters. The van der Waals surface area contributed by atoms with Crippen LogP contribution in [-0.2, 0) is 22.6 Å². The molecule has 1 fully saturated rings. The molecular formula is C24H27ClN4O4S2. The number of hydrogen-bond acceptors (Lipinski definition) is 8. The third-order valence-electron chi connectivity index (χ3n) is 5.93. The fourth-order valence-electron chi connectivity index (χ4n) is 4.09. The molecule has 0 bridgehead atoms. The van der Waals surface area contributed by atoms with Gasteiger partial charge in [-0.05, 0) is 47.9 Å². The highest BCUT2D eigenvalue weighted by atomic mass is 35.5. The van der Waals surface area contributed by atoms with E-state index >= 15 is 0 Å². The van der Waals surface area contributed by atoms with Gasteiger partial charge in [-0.15, -0.1) is 22.7 Å². The van der Waals surface area contributed by atoms with Gasteiger partial charge in [-0.1, -0.05) is 29.8 Å². The summed E-state index contributed by atoms with van der Waals surface area (Å²) in [5.41, 5.74) is 2.81. The fraction of sp³-hybridized carbons (Fsp3) is 0.375. The number of halogens is 1. The van der Waals surface area contributed by atoms with Gasteiger partial charge in [0, 0.05) is 28.9 Å². The van der Waals surface area contributed by atoms with Crippen LogP contribution in [0.2, 0.25) is 5.02 Å². The monoisotopic (exact) mass is 534 g/mol. The molecule has 1 aliphatic heterocycles. The molecule has 0 aliphatic carbocycles. The molecule has 4 N–H and O–H groups in total. The summed E-state index contributed by atoms with van der Waals surface area (Å²) in [5.74, 6) is -1.47. The Labute approximate surface area is 216 Å². The molecule has 3 heterocycles. The topological polar surface area (TPSA) is 115 Å². The maximum Gasteiger partial charge on any atom is 0.255 e. The summed E-state index contributed by atoms with van der Waals surface area (Å²) in [4.78, 5) is 32.3. The van der Waals surface area contributed by atoms with Gasteiger partial charge >= 0.3 is 0 Å². The van der Waals surface area contributed by atoms with Crippen LogP contribution in [-0.4, -0.2) is 57.7 Å². The van der Waals surface area contributed by atoms with Gasteiger partial charge in [-0.2, -0.15) is 0 Å². The van der Waals surface area contributed by atoms with Crippen molar-refractivity contribution in [2.75, 3.05) is 18.9 Å². The number of benzene rings is 1. The number of aliphatic hydroxyl groups is 2. The second kappa shape index (κ2) is 11.5. The highest BCUT2D eigenvalue weighted by Crippen LogP contribution is 2.34. The number of thiophene rings is 1. The van der Waals surface area contributed by atoms with Crippen LogP contribution in [0.4, 0.5) is 5.13 Å². The summed E-state index contributed by atoms with van der Waals surface area (Å²) in [6.07, 6.45) is -1.58. The molecule has 4 rings (SSSR count). The molecule has 8 nitrogen and oxygen atoms in total. The molecule has 2 amide bonds. The van der Waals surface area contributed by atoms with Crippen molar-refractivity contribution in [3.63, 3.8) is 0 Å². The minimum absolute atomic E-state index is 0.182. The van der Waals surface area contributed by atoms with Gasteiger partial charge in [-0.3, -0.25) is 9.59 Å². The van der Waals surface area contributed by atoms with Crippen LogP contribution >= 0.6 is 34.3 Å². The van der Waals surface area contributed by atoms with E-state index in [4.69, 9.17) is 11.6 Å². The van der Waals surface area contributed by atoms with Crippen molar-refractivity contribution < 1.29 is 19.8 Å². The van der Waals surface area contributed by atoms with Crippen molar-refractivity contribution in [3.8, 4) is 0 Å². The van der Waals surface area contributed by atoms with Crippen LogP contribution < -0.4 is 10.6 Å². The number of nitrogens with zero attached hydrogens (tertiary/aromatic N) is 2. The van der Waals surface area contributed by atoms with Crippen molar-refractivity contribution in [1.29, 1.82) is 0 Å². The van der Waals surface area contributed by atoms with Crippen molar-refractivity contribution in [2.24, 2.45) is 0 Å². The van der Waals surface area contributed by atoms with Crippen LogP contribution in [0.3, 0.4) is 0 Å². The lowest BCUT2D eigenvalue weighted by Crippen LogP contribution is -2.50. The molecule has 11 heteroatoms. The van der Waals surface area contributed by atoms with Gasteiger partial charge < -0.3 is 25.7 Å². The molecule has 0 saturated carbocycles. The van der Waals surface area contributed by atoms with Gasteiger partial charge in [0.15, 0.2) is 17.3 Å². The predicted octanol–water partition coefficient (Wildman–Crippen LogP) is 3.19. The van der Waals surface area contributed by atoms with Crippen LogP contribution in [0, 0.1) is 0 Å². The van der Waals surface area contributed by atoms with Crippen molar-refractivity contribution in [1.82, 2.24) is 15.2 Å². The Morgan fingerprint density at radius 1 is 1.23 bits per heavy atom. The molecule has 0 radical (unpaired) electrons. The summed E-state index contributed by atoms with van der Waals surface area (Å²) < 4.78 is 0. The summed E-state index contributed by atoms with van der Waals surface area (Å²) in [6, 6.07) is 9.31. The average Bonchev–Trinajstić information content (AvgIpc) is 3.63. The Hall–Kier alpha value is -2.50. The number of anilines is 1. The van der Waals surface area contributed by atoms with Crippen molar-refractivity contribution in [3.05, 3.63) is 67.8 Å². The number of carbonyl (C=O) groups excluding carboxylic acids is 2. The summed E-state index contributed by atoms with van der Waals surface area (Å²) in [7, 11) is 1.77. The molecular weight excluding hydrogens is 508 g/mol. The summed E-state index contributed by atoms with van der Waals surface area (Å²) in [6.45, 7) is 0.618. The minimum atomic E-state index is -1.87. The Kier molecular flexibility index (Phi) is 8.40. The third kappa shape index (κ3) is 6.02. The molecule has 35 heavy (non-hydrogen) atoms. The van der Waals surface area contributed by atoms with E-state index in [0.29, 0.717) is 24.4 Å². The summed E-state index contributed by atoms with van der Waals surface area (Å²) >= 11 is 9.14. The van der Waals surface area contributed by atoms with E-state index in [0.717, 1.165) is 33.3 Å². The Balaban J connectivity index is 1.31. The zero-order valence-electron chi connectivity index (χ0n) is 19.1. The van der Waals surface area contributed by atoms with Crippen LogP contribution in [0.5, 0.6) is 0 Å². The zero-order chi connectivity index (χ0) is 24.9. The predicted molar refractivity (Wildman–Crippen MR) is 138 cm³/mol. The number of aromatic nitrogens is 1. The van der Waals surface area contributed by atoms with E-state index in [1.807, 2.05) is 41.1 Å². The maximum atomic E-state index is 12.9. The van der Waals surface area contributed by atoms with E-state index in [1.165, 1.54) is 27.6 Å². The molecule has 1 aliphatic rings. The lowest BCUT2D eigenvalue weighted by Gasteiger charge is -2.27. The molecule has 2 aromatic heterocycles. The first-order chi connectivity index (χ1) is 16.9. The Morgan fingerprint density at radius 2 is 2.03 bits per heavy atom. The van der Waals surface area contributed by atoms with Gasteiger partial charge in [0.1, 0.15) is 0 Å². The zero-order valence-corrected chi connectivity index (χ0v) is 21.5. The molecule has 0 unspecified atom stereocenters. The number of carbonyl (C=O) groups is 2. The van der Waals surface area contributed by atoms with Crippen LogP contribution in [0.15, 0.2) is 41.1 Å². The highest BCUT2D eigenvalue weighted by Gasteiger charge is 2.39. The average molecular weight is 535 g/mol.